The number of unbranched alkanes of at least 4 members (excludes halogenated alkanes) is 39. The minimum atomic E-state index is -1.78. The number of hydrogen-bond donors (Lipinski definition) is 9. The van der Waals surface area contributed by atoms with Crippen molar-refractivity contribution >= 4 is 5.91 Å². The van der Waals surface area contributed by atoms with Crippen LogP contribution >= 0.6 is 0 Å². The van der Waals surface area contributed by atoms with E-state index in [9.17, 15) is 45.6 Å². The normalized spacial score (nSPS) is 24.5. The topological polar surface area (TPSA) is 228 Å². The Labute approximate surface area is 476 Å². The number of amides is 1. The summed E-state index contributed by atoms with van der Waals surface area (Å²) in [5.41, 5.74) is 0. The van der Waals surface area contributed by atoms with Crippen LogP contribution in [0.1, 0.15) is 296 Å². The molecule has 78 heavy (non-hydrogen) atoms. The molecule has 2 heterocycles. The van der Waals surface area contributed by atoms with E-state index in [4.69, 9.17) is 18.9 Å². The van der Waals surface area contributed by atoms with Crippen molar-refractivity contribution in [2.24, 2.45) is 0 Å². The van der Waals surface area contributed by atoms with Crippen molar-refractivity contribution in [2.45, 2.75) is 370 Å². The van der Waals surface area contributed by atoms with E-state index >= 15 is 0 Å². The average molecular weight is 1110 g/mol. The van der Waals surface area contributed by atoms with E-state index in [0.717, 1.165) is 57.8 Å². The summed E-state index contributed by atoms with van der Waals surface area (Å²) in [5.74, 6) is -0.206. The Balaban J connectivity index is 1.69. The highest BCUT2D eigenvalue weighted by Gasteiger charge is 2.51. The summed E-state index contributed by atoms with van der Waals surface area (Å²) in [6.07, 6.45) is 42.2. The number of ether oxygens (including phenoxy) is 4. The van der Waals surface area contributed by atoms with Crippen molar-refractivity contribution in [3.05, 3.63) is 12.2 Å². The van der Waals surface area contributed by atoms with Crippen LogP contribution in [0.25, 0.3) is 0 Å². The molecule has 1 amide bonds. The largest absolute Gasteiger partial charge is 0.394 e. The second-order valence-corrected chi connectivity index (χ2v) is 23.6. The van der Waals surface area contributed by atoms with Gasteiger partial charge in [0.1, 0.15) is 48.8 Å². The zero-order valence-electron chi connectivity index (χ0n) is 49.9. The summed E-state index contributed by atoms with van der Waals surface area (Å²) in [6, 6.07) is -0.829. The molecule has 0 spiro atoms. The predicted molar refractivity (Wildman–Crippen MR) is 314 cm³/mol. The molecule has 0 aliphatic carbocycles. The minimum Gasteiger partial charge on any atom is -0.394 e. The van der Waals surface area contributed by atoms with Gasteiger partial charge in [0.2, 0.25) is 5.91 Å². The van der Waals surface area contributed by atoms with Gasteiger partial charge in [0, 0.05) is 6.42 Å². The first-order chi connectivity index (χ1) is 38.1. The molecule has 2 aliphatic rings. The molecule has 2 aliphatic heterocycles. The summed E-state index contributed by atoms with van der Waals surface area (Å²) < 4.78 is 22.9. The number of carbonyl (C=O) groups excluding carboxylic acids is 1. The van der Waals surface area contributed by atoms with Gasteiger partial charge in [-0.3, -0.25) is 4.79 Å². The van der Waals surface area contributed by atoms with E-state index in [1.807, 2.05) is 0 Å². The molecule has 462 valence electrons. The zero-order chi connectivity index (χ0) is 56.7. The summed E-state index contributed by atoms with van der Waals surface area (Å²) in [5, 5.41) is 87.4. The minimum absolute atomic E-state index is 0.206. The molecule has 12 unspecified atom stereocenters. The van der Waals surface area contributed by atoms with Crippen molar-refractivity contribution in [1.82, 2.24) is 5.32 Å². The van der Waals surface area contributed by atoms with Gasteiger partial charge in [0.05, 0.1) is 32.0 Å². The maximum atomic E-state index is 13.3. The van der Waals surface area contributed by atoms with Gasteiger partial charge in [0.15, 0.2) is 12.6 Å². The second-order valence-electron chi connectivity index (χ2n) is 23.6. The molecule has 14 nitrogen and oxygen atoms in total. The van der Waals surface area contributed by atoms with Crippen LogP contribution in [0.4, 0.5) is 0 Å². The van der Waals surface area contributed by atoms with E-state index in [-0.39, 0.29) is 12.5 Å². The quantitative estimate of drug-likeness (QED) is 0.0204. The van der Waals surface area contributed by atoms with Crippen LogP contribution in [0.2, 0.25) is 0 Å². The highest BCUT2D eigenvalue weighted by Crippen LogP contribution is 2.30. The molecule has 0 aromatic carbocycles. The summed E-state index contributed by atoms with van der Waals surface area (Å²) in [6.45, 7) is 2.89. The Morgan fingerprint density at radius 2 is 0.808 bits per heavy atom. The molecule has 0 bridgehead atoms. The summed E-state index contributed by atoms with van der Waals surface area (Å²) in [7, 11) is 0. The van der Waals surface area contributed by atoms with Crippen LogP contribution < -0.4 is 5.32 Å². The number of hydrogen-bond acceptors (Lipinski definition) is 13. The highest BCUT2D eigenvalue weighted by atomic mass is 16.7. The summed E-state index contributed by atoms with van der Waals surface area (Å²) >= 11 is 0. The Morgan fingerprint density at radius 1 is 0.449 bits per heavy atom. The fourth-order valence-corrected chi connectivity index (χ4v) is 11.2. The lowest BCUT2D eigenvalue weighted by atomic mass is 9.97. The smallest absolute Gasteiger partial charge is 0.220 e. The van der Waals surface area contributed by atoms with Crippen molar-refractivity contribution < 1.29 is 64.6 Å². The van der Waals surface area contributed by atoms with Gasteiger partial charge in [-0.05, 0) is 38.5 Å². The molecule has 12 atom stereocenters. The van der Waals surface area contributed by atoms with E-state index in [1.54, 1.807) is 0 Å². The molecule has 2 rings (SSSR count). The monoisotopic (exact) mass is 1110 g/mol. The number of aliphatic hydroxyl groups excluding tert-OH is 8. The van der Waals surface area contributed by atoms with Gasteiger partial charge in [-0.2, -0.15) is 0 Å². The van der Waals surface area contributed by atoms with Crippen LogP contribution in [-0.4, -0.2) is 140 Å². The van der Waals surface area contributed by atoms with Crippen LogP contribution in [0.15, 0.2) is 12.2 Å². The third kappa shape index (κ3) is 35.0. The molecule has 9 N–H and O–H groups in total. The highest BCUT2D eigenvalue weighted by molar-refractivity contribution is 5.76. The molecule has 0 aromatic heterocycles. The number of nitrogens with one attached hydrogen (secondary N) is 1. The maximum Gasteiger partial charge on any atom is 0.220 e. The van der Waals surface area contributed by atoms with E-state index in [2.05, 4.69) is 31.3 Å². The molecule has 14 heteroatoms. The fourth-order valence-electron chi connectivity index (χ4n) is 11.2. The Morgan fingerprint density at radius 3 is 1.22 bits per heavy atom. The van der Waals surface area contributed by atoms with Crippen LogP contribution in [0, 0.1) is 0 Å². The molecular weight excluding hydrogens is 991 g/mol. The fraction of sp³-hybridized carbons (Fsp3) is 0.953. The van der Waals surface area contributed by atoms with Crippen LogP contribution in [0.3, 0.4) is 0 Å². The van der Waals surface area contributed by atoms with E-state index in [1.165, 1.54) is 212 Å². The molecule has 2 fully saturated rings. The third-order valence-corrected chi connectivity index (χ3v) is 16.5. The first kappa shape index (κ1) is 72.8. The molecule has 0 aromatic rings. The third-order valence-electron chi connectivity index (χ3n) is 16.5. The van der Waals surface area contributed by atoms with E-state index in [0.29, 0.717) is 12.8 Å². The number of rotatable bonds is 54. The van der Waals surface area contributed by atoms with Gasteiger partial charge in [-0.25, -0.2) is 0 Å². The molecule has 0 radical (unpaired) electrons. The average Bonchev–Trinajstić information content (AvgIpc) is 3.48. The first-order valence-electron chi connectivity index (χ1n) is 32.9. The SMILES string of the molecule is CCCCCCCC/C=C\CCCCCCCCCC(=O)NC(COC1OC(CO)C(OC2OC(CO)C(O)C(O)C2O)C(O)C1O)C(O)CCCCCCCCCCCCCCCCCCCCCCCCCCCCC. The van der Waals surface area contributed by atoms with Crippen molar-refractivity contribution in [3.63, 3.8) is 0 Å². The van der Waals surface area contributed by atoms with Crippen molar-refractivity contribution in [2.75, 3.05) is 19.8 Å². The standard InChI is InChI=1S/C64H123NO13/c1-3-5-7-9-11-13-15-17-19-21-22-23-24-25-26-27-28-29-30-32-33-35-37-39-41-43-45-47-53(68)52(65-56(69)48-46-44-42-40-38-36-34-31-20-18-16-14-12-10-8-6-4-2)51-75-63-61(74)59(72)62(55(50-67)77-63)78-64-60(73)58(71)57(70)54(49-66)76-64/h18,20,52-55,57-64,66-68,70-74H,3-17,19,21-51H2,1-2H3,(H,65,69)/b20-18-. The van der Waals surface area contributed by atoms with Gasteiger partial charge >= 0.3 is 0 Å². The number of carbonyl (C=O) groups is 1. The van der Waals surface area contributed by atoms with Gasteiger partial charge in [0.25, 0.3) is 0 Å². The lowest BCUT2D eigenvalue weighted by Gasteiger charge is -2.46. The molecule has 0 saturated carbocycles. The number of allylic oxidation sites excluding steroid dienone is 2. The Kier molecular flexibility index (Phi) is 46.9. The predicted octanol–water partition coefficient (Wildman–Crippen LogP) is 12.2. The van der Waals surface area contributed by atoms with Gasteiger partial charge in [-0.15, -0.1) is 0 Å². The first-order valence-corrected chi connectivity index (χ1v) is 32.9. The summed E-state index contributed by atoms with van der Waals surface area (Å²) in [4.78, 5) is 13.3. The lowest BCUT2D eigenvalue weighted by molar-refractivity contribution is -0.359. The van der Waals surface area contributed by atoms with Gasteiger partial charge in [-0.1, -0.05) is 264 Å². The van der Waals surface area contributed by atoms with Gasteiger partial charge < -0.3 is 65.1 Å². The molecular formula is C64H123NO13. The van der Waals surface area contributed by atoms with Crippen molar-refractivity contribution in [1.29, 1.82) is 0 Å². The maximum absolute atomic E-state index is 13.3. The Hall–Kier alpha value is -1.27. The number of aliphatic hydroxyl groups is 8. The van der Waals surface area contributed by atoms with Crippen molar-refractivity contribution in [3.8, 4) is 0 Å². The second kappa shape index (κ2) is 50.3. The Bertz CT molecular complexity index is 1360. The lowest BCUT2D eigenvalue weighted by Crippen LogP contribution is -2.65. The van der Waals surface area contributed by atoms with Crippen LogP contribution in [-0.2, 0) is 23.7 Å². The zero-order valence-corrected chi connectivity index (χ0v) is 49.9. The van der Waals surface area contributed by atoms with Crippen LogP contribution in [0.5, 0.6) is 0 Å². The molecule has 2 saturated heterocycles. The van der Waals surface area contributed by atoms with E-state index < -0.39 is 86.8 Å².